The van der Waals surface area contributed by atoms with Gasteiger partial charge in [0.2, 0.25) is 0 Å². The largest absolute Gasteiger partial charge is 0.397 e. The predicted molar refractivity (Wildman–Crippen MR) is 59.3 cm³/mol. The van der Waals surface area contributed by atoms with Crippen LogP contribution in [-0.2, 0) is 0 Å². The van der Waals surface area contributed by atoms with Crippen molar-refractivity contribution in [2.45, 2.75) is 32.5 Å². The summed E-state index contributed by atoms with van der Waals surface area (Å²) < 4.78 is 36.3. The van der Waals surface area contributed by atoms with Crippen molar-refractivity contribution in [3.8, 4) is 0 Å². The molecule has 0 heterocycles. The Labute approximate surface area is 92.6 Å². The average Bonchev–Trinajstić information content (AvgIpc) is 2.06. The molecule has 0 aliphatic heterocycles. The van der Waals surface area contributed by atoms with Crippen molar-refractivity contribution in [2.24, 2.45) is 0 Å². The van der Waals surface area contributed by atoms with Crippen molar-refractivity contribution in [1.29, 1.82) is 0 Å². The fourth-order valence-electron chi connectivity index (χ4n) is 1.48. The van der Waals surface area contributed by atoms with E-state index in [0.29, 0.717) is 11.4 Å². The van der Waals surface area contributed by atoms with Gasteiger partial charge in [0, 0.05) is 6.04 Å². The van der Waals surface area contributed by atoms with E-state index in [1.165, 1.54) is 6.92 Å². The van der Waals surface area contributed by atoms with Crippen LogP contribution in [-0.4, -0.2) is 12.2 Å². The first-order valence-electron chi connectivity index (χ1n) is 4.97. The van der Waals surface area contributed by atoms with Crippen LogP contribution in [0.15, 0.2) is 18.2 Å². The SMILES string of the molecule is Cc1ccc(NC(C)CC(F)(F)F)c(N)c1. The fraction of sp³-hybridized carbons (Fsp3) is 0.455. The van der Waals surface area contributed by atoms with E-state index in [2.05, 4.69) is 5.32 Å². The molecule has 90 valence electrons. The zero-order valence-corrected chi connectivity index (χ0v) is 9.23. The monoisotopic (exact) mass is 232 g/mol. The molecule has 0 aliphatic rings. The van der Waals surface area contributed by atoms with Crippen LogP contribution in [0.1, 0.15) is 18.9 Å². The molecular weight excluding hydrogens is 217 g/mol. The van der Waals surface area contributed by atoms with Gasteiger partial charge in [-0.25, -0.2) is 0 Å². The maximum atomic E-state index is 12.1. The molecule has 5 heteroatoms. The van der Waals surface area contributed by atoms with E-state index in [9.17, 15) is 13.2 Å². The van der Waals surface area contributed by atoms with E-state index in [1.807, 2.05) is 6.92 Å². The van der Waals surface area contributed by atoms with Gasteiger partial charge in [0.25, 0.3) is 0 Å². The number of aryl methyl sites for hydroxylation is 1. The minimum atomic E-state index is -4.16. The van der Waals surface area contributed by atoms with Crippen LogP contribution >= 0.6 is 0 Å². The molecule has 1 aromatic rings. The highest BCUT2D eigenvalue weighted by molar-refractivity contribution is 5.67. The van der Waals surface area contributed by atoms with Gasteiger partial charge in [-0.15, -0.1) is 0 Å². The minimum Gasteiger partial charge on any atom is -0.397 e. The van der Waals surface area contributed by atoms with E-state index in [-0.39, 0.29) is 0 Å². The maximum absolute atomic E-state index is 12.1. The molecule has 1 aromatic carbocycles. The lowest BCUT2D eigenvalue weighted by atomic mass is 10.1. The third-order valence-corrected chi connectivity index (χ3v) is 2.15. The molecule has 1 rings (SSSR count). The second-order valence-corrected chi connectivity index (χ2v) is 3.96. The topological polar surface area (TPSA) is 38.0 Å². The van der Waals surface area contributed by atoms with Gasteiger partial charge < -0.3 is 11.1 Å². The standard InChI is InChI=1S/C11H15F3N2/c1-7-3-4-10(9(15)5-7)16-8(2)6-11(12,13)14/h3-5,8,16H,6,15H2,1-2H3. The van der Waals surface area contributed by atoms with Crippen LogP contribution in [0.3, 0.4) is 0 Å². The van der Waals surface area contributed by atoms with Crippen LogP contribution in [0, 0.1) is 6.92 Å². The summed E-state index contributed by atoms with van der Waals surface area (Å²) in [6.07, 6.45) is -5.04. The highest BCUT2D eigenvalue weighted by Crippen LogP contribution is 2.25. The molecule has 0 saturated heterocycles. The predicted octanol–water partition coefficient (Wildman–Crippen LogP) is 3.33. The summed E-state index contributed by atoms with van der Waals surface area (Å²) in [5, 5.41) is 2.75. The molecule has 1 atom stereocenters. The zero-order chi connectivity index (χ0) is 12.3. The Morgan fingerprint density at radius 3 is 2.50 bits per heavy atom. The highest BCUT2D eigenvalue weighted by atomic mass is 19.4. The third kappa shape index (κ3) is 4.00. The molecule has 2 nitrogen and oxygen atoms in total. The summed E-state index contributed by atoms with van der Waals surface area (Å²) in [4.78, 5) is 0. The average molecular weight is 232 g/mol. The van der Waals surface area contributed by atoms with E-state index in [1.54, 1.807) is 18.2 Å². The lowest BCUT2D eigenvalue weighted by molar-refractivity contribution is -0.136. The quantitative estimate of drug-likeness (QED) is 0.784. The van der Waals surface area contributed by atoms with Gasteiger partial charge in [0.1, 0.15) is 0 Å². The van der Waals surface area contributed by atoms with Crippen LogP contribution in [0.25, 0.3) is 0 Å². The fourth-order valence-corrected chi connectivity index (χ4v) is 1.48. The first kappa shape index (κ1) is 12.7. The van der Waals surface area contributed by atoms with E-state index in [4.69, 9.17) is 5.73 Å². The number of nitrogens with two attached hydrogens (primary N) is 1. The number of hydrogen-bond donors (Lipinski definition) is 2. The van der Waals surface area contributed by atoms with Crippen molar-refractivity contribution in [1.82, 2.24) is 0 Å². The molecule has 16 heavy (non-hydrogen) atoms. The number of nitrogens with one attached hydrogen (secondary N) is 1. The molecule has 0 spiro atoms. The molecule has 3 N–H and O–H groups in total. The number of hydrogen-bond acceptors (Lipinski definition) is 2. The van der Waals surface area contributed by atoms with Gasteiger partial charge in [0.15, 0.2) is 0 Å². The maximum Gasteiger partial charge on any atom is 0.391 e. The molecule has 0 aromatic heterocycles. The second kappa shape index (κ2) is 4.63. The normalized spacial score (nSPS) is 13.6. The number of rotatable bonds is 3. The number of halogens is 3. The van der Waals surface area contributed by atoms with Gasteiger partial charge in [-0.1, -0.05) is 6.07 Å². The Hall–Kier alpha value is -1.39. The lowest BCUT2D eigenvalue weighted by Crippen LogP contribution is -2.24. The van der Waals surface area contributed by atoms with E-state index < -0.39 is 18.6 Å². The summed E-state index contributed by atoms with van der Waals surface area (Å²) >= 11 is 0. The Bertz CT molecular complexity index is 361. The van der Waals surface area contributed by atoms with Gasteiger partial charge in [-0.2, -0.15) is 13.2 Å². The minimum absolute atomic E-state index is 0.467. The third-order valence-electron chi connectivity index (χ3n) is 2.15. The van der Waals surface area contributed by atoms with Gasteiger partial charge in [-0.05, 0) is 31.5 Å². The van der Waals surface area contributed by atoms with E-state index in [0.717, 1.165) is 5.56 Å². The van der Waals surface area contributed by atoms with Crippen LogP contribution < -0.4 is 11.1 Å². The van der Waals surface area contributed by atoms with Crippen LogP contribution in [0.2, 0.25) is 0 Å². The van der Waals surface area contributed by atoms with Crippen molar-refractivity contribution in [3.63, 3.8) is 0 Å². The van der Waals surface area contributed by atoms with Crippen LogP contribution in [0.4, 0.5) is 24.5 Å². The van der Waals surface area contributed by atoms with Crippen LogP contribution in [0.5, 0.6) is 0 Å². The molecule has 0 fully saturated rings. The Balaban J connectivity index is 2.66. The Morgan fingerprint density at radius 1 is 1.38 bits per heavy atom. The number of benzene rings is 1. The molecular formula is C11H15F3N2. The summed E-state index contributed by atoms with van der Waals surface area (Å²) in [5.74, 6) is 0. The van der Waals surface area contributed by atoms with Crippen molar-refractivity contribution in [3.05, 3.63) is 23.8 Å². The number of nitrogen functional groups attached to an aromatic ring is 1. The molecule has 0 amide bonds. The first-order valence-corrected chi connectivity index (χ1v) is 4.97. The summed E-state index contributed by atoms with van der Waals surface area (Å²) in [5.41, 5.74) is 7.68. The van der Waals surface area contributed by atoms with Gasteiger partial charge in [0.05, 0.1) is 17.8 Å². The van der Waals surface area contributed by atoms with Crippen molar-refractivity contribution >= 4 is 11.4 Å². The summed E-state index contributed by atoms with van der Waals surface area (Å²) in [7, 11) is 0. The Morgan fingerprint density at radius 2 is 2.00 bits per heavy atom. The number of alkyl halides is 3. The summed E-state index contributed by atoms with van der Waals surface area (Å²) in [6, 6.07) is 4.53. The molecule has 0 radical (unpaired) electrons. The summed E-state index contributed by atoms with van der Waals surface area (Å²) in [6.45, 7) is 3.35. The smallest absolute Gasteiger partial charge is 0.391 e. The van der Waals surface area contributed by atoms with Crippen molar-refractivity contribution in [2.75, 3.05) is 11.1 Å². The Kier molecular flexibility index (Phi) is 3.67. The molecule has 0 bridgehead atoms. The van der Waals surface area contributed by atoms with Gasteiger partial charge >= 0.3 is 6.18 Å². The molecule has 1 unspecified atom stereocenters. The zero-order valence-electron chi connectivity index (χ0n) is 9.23. The molecule has 0 aliphatic carbocycles. The highest BCUT2D eigenvalue weighted by Gasteiger charge is 2.30. The van der Waals surface area contributed by atoms with Crippen molar-refractivity contribution < 1.29 is 13.2 Å². The van der Waals surface area contributed by atoms with E-state index >= 15 is 0 Å². The number of anilines is 2. The van der Waals surface area contributed by atoms with Gasteiger partial charge in [-0.3, -0.25) is 0 Å². The molecule has 0 saturated carbocycles. The second-order valence-electron chi connectivity index (χ2n) is 3.96. The first-order chi connectivity index (χ1) is 7.28. The lowest BCUT2D eigenvalue weighted by Gasteiger charge is -2.18.